The Morgan fingerprint density at radius 3 is 2.44 bits per heavy atom. The first-order chi connectivity index (χ1) is 19.0. The zero-order valence-corrected chi connectivity index (χ0v) is 22.8. The van der Waals surface area contributed by atoms with Gasteiger partial charge in [-0.1, -0.05) is 82.0 Å². The van der Waals surface area contributed by atoms with Gasteiger partial charge >= 0.3 is 12.1 Å². The van der Waals surface area contributed by atoms with E-state index in [9.17, 15) is 14.7 Å². The van der Waals surface area contributed by atoms with Crippen LogP contribution in [0.4, 0.5) is 10.5 Å². The van der Waals surface area contributed by atoms with Crippen molar-refractivity contribution in [1.82, 2.24) is 9.55 Å². The number of benzene rings is 3. The molecular weight excluding hydrogens is 490 g/mol. The lowest BCUT2D eigenvalue weighted by atomic mass is 9.99. The van der Waals surface area contributed by atoms with Gasteiger partial charge in [0.1, 0.15) is 5.82 Å². The Kier molecular flexibility index (Phi) is 9.73. The first-order valence-corrected chi connectivity index (χ1v) is 13.8. The molecule has 0 atom stereocenters. The topological polar surface area (TPSA) is 93.5 Å². The molecular formula is C32H37N3O4. The van der Waals surface area contributed by atoms with E-state index in [0.717, 1.165) is 72.9 Å². The Hall–Kier alpha value is -4.13. The van der Waals surface area contributed by atoms with Crippen LogP contribution in [0.25, 0.3) is 22.2 Å². The van der Waals surface area contributed by atoms with Crippen LogP contribution in [0, 0.1) is 0 Å². The van der Waals surface area contributed by atoms with Crippen molar-refractivity contribution in [2.75, 3.05) is 11.9 Å². The third-order valence-corrected chi connectivity index (χ3v) is 6.82. The van der Waals surface area contributed by atoms with Crippen molar-refractivity contribution in [1.29, 1.82) is 0 Å². The maximum absolute atomic E-state index is 12.3. The van der Waals surface area contributed by atoms with Crippen LogP contribution >= 0.6 is 0 Å². The van der Waals surface area contributed by atoms with Crippen molar-refractivity contribution in [3.8, 4) is 11.1 Å². The van der Waals surface area contributed by atoms with E-state index >= 15 is 0 Å². The summed E-state index contributed by atoms with van der Waals surface area (Å²) in [6.45, 7) is 5.34. The van der Waals surface area contributed by atoms with Crippen LogP contribution in [0.1, 0.15) is 74.1 Å². The molecule has 0 unspecified atom stereocenters. The van der Waals surface area contributed by atoms with Crippen LogP contribution in [0.15, 0.2) is 66.7 Å². The van der Waals surface area contributed by atoms with Crippen LogP contribution < -0.4 is 5.32 Å². The molecule has 0 saturated heterocycles. The summed E-state index contributed by atoms with van der Waals surface area (Å²) in [5.74, 6) is 0.0627. The number of amides is 1. The van der Waals surface area contributed by atoms with Gasteiger partial charge in [-0.05, 0) is 53.8 Å². The summed E-state index contributed by atoms with van der Waals surface area (Å²) in [4.78, 5) is 28.9. The number of unbranched alkanes of at least 4 members (excludes halogenated alkanes) is 4. The molecule has 0 aliphatic rings. The molecule has 0 aliphatic carbocycles. The number of hydrogen-bond acceptors (Lipinski definition) is 4. The lowest BCUT2D eigenvalue weighted by Gasteiger charge is -2.12. The second kappa shape index (κ2) is 13.6. The van der Waals surface area contributed by atoms with Gasteiger partial charge in [0.25, 0.3) is 0 Å². The van der Waals surface area contributed by atoms with E-state index in [1.165, 1.54) is 0 Å². The van der Waals surface area contributed by atoms with Crippen LogP contribution in [-0.4, -0.2) is 33.3 Å². The molecule has 7 nitrogen and oxygen atoms in total. The first kappa shape index (κ1) is 27.9. The number of carboxylic acid groups (broad SMARTS) is 1. The van der Waals surface area contributed by atoms with E-state index in [0.29, 0.717) is 24.4 Å². The zero-order chi connectivity index (χ0) is 27.6. The third kappa shape index (κ3) is 7.25. The molecule has 204 valence electrons. The molecule has 4 rings (SSSR count). The lowest BCUT2D eigenvalue weighted by Crippen LogP contribution is -2.14. The number of aryl methyl sites for hydroxylation is 1. The normalized spacial score (nSPS) is 11.0. The van der Waals surface area contributed by atoms with Crippen molar-refractivity contribution in [2.24, 2.45) is 0 Å². The smallest absolute Gasteiger partial charge is 0.411 e. The molecule has 3 aromatic carbocycles. The number of imidazole rings is 1. The number of nitrogens with zero attached hydrogens (tertiary/aromatic N) is 2. The summed E-state index contributed by atoms with van der Waals surface area (Å²) in [5.41, 5.74) is 5.42. The molecule has 0 bridgehead atoms. The van der Waals surface area contributed by atoms with Gasteiger partial charge in [-0.2, -0.15) is 0 Å². The standard InChI is InChI=1S/C32H37N3O4/c1-3-5-7-10-20-39-32(38)33-25-18-19-28-29(21-25)35(30(34-28)13-6-4-2)22-23-14-16-24(17-15-23)26-11-8-9-12-27(26)31(36)37/h8-9,11-12,14-19,21H,3-7,10,13,20,22H2,1-2H3,(H,33,38)(H,36,37). The molecule has 0 fully saturated rings. The second-order valence-corrected chi connectivity index (χ2v) is 9.79. The van der Waals surface area contributed by atoms with Gasteiger partial charge in [-0.3, -0.25) is 5.32 Å². The largest absolute Gasteiger partial charge is 0.478 e. The summed E-state index contributed by atoms with van der Waals surface area (Å²) in [5, 5.41) is 12.4. The van der Waals surface area contributed by atoms with Crippen LogP contribution in [0.5, 0.6) is 0 Å². The van der Waals surface area contributed by atoms with Crippen molar-refractivity contribution in [3.63, 3.8) is 0 Å². The van der Waals surface area contributed by atoms with Crippen molar-refractivity contribution < 1.29 is 19.4 Å². The van der Waals surface area contributed by atoms with E-state index in [1.54, 1.807) is 12.1 Å². The first-order valence-electron chi connectivity index (χ1n) is 13.8. The fourth-order valence-corrected chi connectivity index (χ4v) is 4.69. The van der Waals surface area contributed by atoms with Crippen LogP contribution in [0.3, 0.4) is 0 Å². The van der Waals surface area contributed by atoms with Crippen molar-refractivity contribution in [3.05, 3.63) is 83.7 Å². The minimum Gasteiger partial charge on any atom is -0.478 e. The lowest BCUT2D eigenvalue weighted by molar-refractivity contribution is 0.0697. The number of ether oxygens (including phenoxy) is 1. The molecule has 1 amide bonds. The average Bonchev–Trinajstić information content (AvgIpc) is 3.28. The maximum atomic E-state index is 12.3. The van der Waals surface area contributed by atoms with E-state index in [2.05, 4.69) is 23.7 Å². The highest BCUT2D eigenvalue weighted by molar-refractivity contribution is 5.96. The van der Waals surface area contributed by atoms with Gasteiger partial charge in [0.15, 0.2) is 0 Å². The van der Waals surface area contributed by atoms with Gasteiger partial charge in [0.05, 0.1) is 23.2 Å². The SMILES string of the molecule is CCCCCCOC(=O)Nc1ccc2nc(CCCC)n(Cc3ccc(-c4ccccc4C(=O)O)cc3)c2c1. The zero-order valence-electron chi connectivity index (χ0n) is 22.8. The highest BCUT2D eigenvalue weighted by atomic mass is 16.5. The monoisotopic (exact) mass is 527 g/mol. The minimum absolute atomic E-state index is 0.284. The van der Waals surface area contributed by atoms with Gasteiger partial charge in [0.2, 0.25) is 0 Å². The van der Waals surface area contributed by atoms with E-state index in [4.69, 9.17) is 9.72 Å². The molecule has 0 radical (unpaired) electrons. The molecule has 0 aliphatic heterocycles. The molecule has 2 N–H and O–H groups in total. The average molecular weight is 528 g/mol. The minimum atomic E-state index is -0.940. The molecule has 1 heterocycles. The van der Waals surface area contributed by atoms with Gasteiger partial charge in [-0.25, -0.2) is 14.6 Å². The Morgan fingerprint density at radius 2 is 1.69 bits per heavy atom. The van der Waals surface area contributed by atoms with E-state index in [-0.39, 0.29) is 5.56 Å². The number of fused-ring (bicyclic) bond motifs is 1. The summed E-state index contributed by atoms with van der Waals surface area (Å²) in [6.07, 6.45) is 6.73. The van der Waals surface area contributed by atoms with Crippen LogP contribution in [0.2, 0.25) is 0 Å². The Labute approximate surface area is 229 Å². The molecule has 39 heavy (non-hydrogen) atoms. The Morgan fingerprint density at radius 1 is 0.923 bits per heavy atom. The van der Waals surface area contributed by atoms with Gasteiger partial charge in [0, 0.05) is 18.7 Å². The highest BCUT2D eigenvalue weighted by Crippen LogP contribution is 2.26. The predicted octanol–water partition coefficient (Wildman–Crippen LogP) is 7.92. The number of carbonyl (C=O) groups excluding carboxylic acids is 1. The fourth-order valence-electron chi connectivity index (χ4n) is 4.69. The van der Waals surface area contributed by atoms with Crippen molar-refractivity contribution in [2.45, 2.75) is 65.3 Å². The summed E-state index contributed by atoms with van der Waals surface area (Å²) < 4.78 is 7.55. The molecule has 0 saturated carbocycles. The number of carboxylic acids is 1. The number of carbonyl (C=O) groups is 2. The second-order valence-electron chi connectivity index (χ2n) is 9.79. The number of hydrogen-bond donors (Lipinski definition) is 2. The van der Waals surface area contributed by atoms with Gasteiger partial charge < -0.3 is 14.4 Å². The Bertz CT molecular complexity index is 1410. The van der Waals surface area contributed by atoms with Crippen molar-refractivity contribution >= 4 is 28.8 Å². The number of anilines is 1. The van der Waals surface area contributed by atoms with E-state index in [1.807, 2.05) is 54.6 Å². The van der Waals surface area contributed by atoms with E-state index < -0.39 is 12.1 Å². The molecule has 1 aromatic heterocycles. The fraction of sp³-hybridized carbons (Fsp3) is 0.344. The summed E-state index contributed by atoms with van der Waals surface area (Å²) >= 11 is 0. The Balaban J connectivity index is 1.55. The van der Waals surface area contributed by atoms with Gasteiger partial charge in [-0.15, -0.1) is 0 Å². The predicted molar refractivity (Wildman–Crippen MR) is 155 cm³/mol. The summed E-state index contributed by atoms with van der Waals surface area (Å²) in [6, 6.07) is 20.8. The molecule has 7 heteroatoms. The number of aromatic carboxylic acids is 1. The highest BCUT2D eigenvalue weighted by Gasteiger charge is 2.14. The number of rotatable bonds is 13. The quantitative estimate of drug-likeness (QED) is 0.172. The maximum Gasteiger partial charge on any atom is 0.411 e. The number of nitrogens with one attached hydrogen (secondary N) is 1. The van der Waals surface area contributed by atoms with Crippen LogP contribution in [-0.2, 0) is 17.7 Å². The molecule has 0 spiro atoms. The summed E-state index contributed by atoms with van der Waals surface area (Å²) in [7, 11) is 0. The third-order valence-electron chi connectivity index (χ3n) is 6.82. The molecule has 4 aromatic rings. The number of aromatic nitrogens is 2.